The summed E-state index contributed by atoms with van der Waals surface area (Å²) in [7, 11) is 3.09. The van der Waals surface area contributed by atoms with Crippen molar-refractivity contribution in [1.82, 2.24) is 20.1 Å². The summed E-state index contributed by atoms with van der Waals surface area (Å²) in [5, 5.41) is 25.3. The van der Waals surface area contributed by atoms with E-state index < -0.39 is 4.92 Å². The first-order valence-corrected chi connectivity index (χ1v) is 12.5. The molecule has 2 aromatic carbocycles. The van der Waals surface area contributed by atoms with Gasteiger partial charge in [-0.15, -0.1) is 10.2 Å². The van der Waals surface area contributed by atoms with E-state index in [2.05, 4.69) is 20.8 Å². The van der Waals surface area contributed by atoms with Crippen molar-refractivity contribution < 1.29 is 24.0 Å². The van der Waals surface area contributed by atoms with E-state index in [9.17, 15) is 19.7 Å². The van der Waals surface area contributed by atoms with Gasteiger partial charge in [0.05, 0.1) is 37.1 Å². The minimum atomic E-state index is -0.514. The summed E-state index contributed by atoms with van der Waals surface area (Å²) in [6, 6.07) is 9.61. The molecule has 2 amide bonds. The van der Waals surface area contributed by atoms with Gasteiger partial charge in [0.2, 0.25) is 11.8 Å². The van der Waals surface area contributed by atoms with Crippen LogP contribution in [-0.4, -0.2) is 51.5 Å². The van der Waals surface area contributed by atoms with E-state index in [4.69, 9.17) is 9.47 Å². The lowest BCUT2D eigenvalue weighted by molar-refractivity contribution is -0.384. The Balaban J connectivity index is 1.56. The molecule has 0 spiro atoms. The zero-order valence-electron chi connectivity index (χ0n) is 21.4. The Bertz CT molecular complexity index is 1360. The fourth-order valence-electron chi connectivity index (χ4n) is 3.40. The Kier molecular flexibility index (Phi) is 9.82. The van der Waals surface area contributed by atoms with E-state index in [-0.39, 0.29) is 29.8 Å². The molecule has 12 nitrogen and oxygen atoms in total. The number of nitrogens with one attached hydrogen (secondary N) is 2. The number of ether oxygens (including phenoxy) is 2. The molecule has 13 heteroatoms. The van der Waals surface area contributed by atoms with E-state index in [1.165, 1.54) is 30.0 Å². The van der Waals surface area contributed by atoms with Crippen molar-refractivity contribution in [2.24, 2.45) is 0 Å². The Morgan fingerprint density at radius 2 is 1.89 bits per heavy atom. The molecule has 0 atom stereocenters. The van der Waals surface area contributed by atoms with Crippen molar-refractivity contribution in [2.45, 2.75) is 32.1 Å². The second kappa shape index (κ2) is 13.2. The van der Waals surface area contributed by atoms with Gasteiger partial charge in [0, 0.05) is 24.8 Å². The number of nitro groups is 1. The Hall–Kier alpha value is -4.39. The van der Waals surface area contributed by atoms with Gasteiger partial charge in [-0.2, -0.15) is 0 Å². The summed E-state index contributed by atoms with van der Waals surface area (Å²) in [5.41, 5.74) is 1.76. The van der Waals surface area contributed by atoms with Crippen LogP contribution < -0.4 is 20.1 Å². The molecule has 1 aromatic heterocycles. The lowest BCUT2D eigenvalue weighted by Crippen LogP contribution is -2.22. The lowest BCUT2D eigenvalue weighted by atomic mass is 10.2. The molecule has 38 heavy (non-hydrogen) atoms. The number of aromatic nitrogens is 3. The van der Waals surface area contributed by atoms with Crippen LogP contribution in [0.4, 0.5) is 11.4 Å². The predicted octanol–water partition coefficient (Wildman–Crippen LogP) is 3.59. The van der Waals surface area contributed by atoms with Crippen molar-refractivity contribution in [1.29, 1.82) is 0 Å². The van der Waals surface area contributed by atoms with Gasteiger partial charge in [0.15, 0.2) is 22.5 Å². The first-order chi connectivity index (χ1) is 18.2. The first kappa shape index (κ1) is 28.2. The van der Waals surface area contributed by atoms with Crippen molar-refractivity contribution in [3.63, 3.8) is 0 Å². The molecule has 0 unspecified atom stereocenters. The molecule has 2 N–H and O–H groups in total. The molecule has 3 aromatic rings. The molecular formula is C25H28N6O6S. The highest BCUT2D eigenvalue weighted by Gasteiger charge is 2.15. The number of amides is 2. The van der Waals surface area contributed by atoms with Crippen molar-refractivity contribution >= 4 is 41.0 Å². The number of nitro benzene ring substituents is 1. The van der Waals surface area contributed by atoms with Gasteiger partial charge in [-0.1, -0.05) is 23.9 Å². The molecule has 0 aliphatic heterocycles. The topological polar surface area (TPSA) is 151 Å². The number of methoxy groups -OCH3 is 2. The SMILES string of the molecule is CCn1c(CNC(=O)C=Cc2ccc(OC)c(OC)c2)nnc1SCC(=O)Nc1cc([N+](=O)[O-])ccc1C. The number of non-ortho nitro benzene ring substituents is 1. The number of hydrogen-bond donors (Lipinski definition) is 2. The van der Waals surface area contributed by atoms with E-state index >= 15 is 0 Å². The van der Waals surface area contributed by atoms with Gasteiger partial charge in [-0.25, -0.2) is 0 Å². The molecule has 0 saturated heterocycles. The average Bonchev–Trinajstić information content (AvgIpc) is 3.32. The van der Waals surface area contributed by atoms with Gasteiger partial charge in [0.25, 0.3) is 5.69 Å². The summed E-state index contributed by atoms with van der Waals surface area (Å²) in [4.78, 5) is 35.3. The quantitative estimate of drug-likeness (QED) is 0.152. The monoisotopic (exact) mass is 540 g/mol. The maximum absolute atomic E-state index is 12.5. The summed E-state index contributed by atoms with van der Waals surface area (Å²) in [5.74, 6) is 1.08. The zero-order valence-corrected chi connectivity index (χ0v) is 22.2. The number of carbonyl (C=O) groups is 2. The maximum Gasteiger partial charge on any atom is 0.271 e. The van der Waals surface area contributed by atoms with Crippen molar-refractivity contribution in [3.8, 4) is 11.5 Å². The molecule has 0 fully saturated rings. The van der Waals surface area contributed by atoms with Gasteiger partial charge in [-0.3, -0.25) is 19.7 Å². The average molecular weight is 541 g/mol. The number of thioether (sulfide) groups is 1. The number of aryl methyl sites for hydroxylation is 1. The van der Waals surface area contributed by atoms with E-state index in [0.29, 0.717) is 40.3 Å². The molecule has 0 bridgehead atoms. The Labute approximate surface area is 223 Å². The normalized spacial score (nSPS) is 10.8. The minimum absolute atomic E-state index is 0.0285. The van der Waals surface area contributed by atoms with Gasteiger partial charge < -0.3 is 24.7 Å². The van der Waals surface area contributed by atoms with Crippen LogP contribution in [-0.2, 0) is 22.7 Å². The molecule has 200 valence electrons. The van der Waals surface area contributed by atoms with Crippen LogP contribution in [0.15, 0.2) is 47.6 Å². The fourth-order valence-corrected chi connectivity index (χ4v) is 4.22. The van der Waals surface area contributed by atoms with Crippen LogP contribution in [0.5, 0.6) is 11.5 Å². The standard InChI is InChI=1S/C25H28N6O6S/c1-5-30-22(14-26-23(32)11-8-17-7-10-20(36-3)21(12-17)37-4)28-29-25(30)38-15-24(33)27-19-13-18(31(34)35)9-6-16(19)2/h6-13H,5,14-15H2,1-4H3,(H,26,32)(H,27,33). The number of carbonyl (C=O) groups excluding carboxylic acids is 2. The molecule has 0 saturated carbocycles. The Morgan fingerprint density at radius 3 is 2.58 bits per heavy atom. The highest BCUT2D eigenvalue weighted by molar-refractivity contribution is 7.99. The van der Waals surface area contributed by atoms with Crippen LogP contribution in [0.2, 0.25) is 0 Å². The van der Waals surface area contributed by atoms with Crippen LogP contribution >= 0.6 is 11.8 Å². The third kappa shape index (κ3) is 7.32. The summed E-state index contributed by atoms with van der Waals surface area (Å²) >= 11 is 1.18. The highest BCUT2D eigenvalue weighted by atomic mass is 32.2. The van der Waals surface area contributed by atoms with Gasteiger partial charge >= 0.3 is 0 Å². The molecular weight excluding hydrogens is 512 g/mol. The maximum atomic E-state index is 12.5. The number of benzene rings is 2. The number of nitrogens with zero attached hydrogens (tertiary/aromatic N) is 4. The summed E-state index contributed by atoms with van der Waals surface area (Å²) in [6.07, 6.45) is 3.06. The largest absolute Gasteiger partial charge is 0.493 e. The van der Waals surface area contributed by atoms with Gasteiger partial charge in [-0.05, 0) is 43.2 Å². The second-order valence-electron chi connectivity index (χ2n) is 7.90. The van der Waals surface area contributed by atoms with E-state index in [0.717, 1.165) is 5.56 Å². The fraction of sp³-hybridized carbons (Fsp3) is 0.280. The smallest absolute Gasteiger partial charge is 0.271 e. The van der Waals surface area contributed by atoms with Crippen LogP contribution in [0.1, 0.15) is 23.9 Å². The van der Waals surface area contributed by atoms with Crippen molar-refractivity contribution in [3.05, 3.63) is 69.5 Å². The third-order valence-corrected chi connectivity index (χ3v) is 6.37. The number of hydrogen-bond acceptors (Lipinski definition) is 9. The first-order valence-electron chi connectivity index (χ1n) is 11.5. The Morgan fingerprint density at radius 1 is 1.13 bits per heavy atom. The van der Waals surface area contributed by atoms with Crippen LogP contribution in [0.3, 0.4) is 0 Å². The summed E-state index contributed by atoms with van der Waals surface area (Å²) < 4.78 is 12.3. The highest BCUT2D eigenvalue weighted by Crippen LogP contribution is 2.28. The molecule has 0 radical (unpaired) electrons. The van der Waals surface area contributed by atoms with Crippen LogP contribution in [0.25, 0.3) is 6.08 Å². The van der Waals surface area contributed by atoms with Crippen molar-refractivity contribution in [2.75, 3.05) is 25.3 Å². The second-order valence-corrected chi connectivity index (χ2v) is 8.84. The van der Waals surface area contributed by atoms with E-state index in [1.54, 1.807) is 56.1 Å². The molecule has 0 aliphatic carbocycles. The van der Waals surface area contributed by atoms with Crippen LogP contribution in [0, 0.1) is 17.0 Å². The third-order valence-electron chi connectivity index (χ3n) is 5.40. The molecule has 0 aliphatic rings. The zero-order chi connectivity index (χ0) is 27.7. The number of rotatable bonds is 12. The van der Waals surface area contributed by atoms with E-state index in [1.807, 2.05) is 6.92 Å². The number of anilines is 1. The summed E-state index contributed by atoms with van der Waals surface area (Å²) in [6.45, 7) is 4.34. The van der Waals surface area contributed by atoms with Gasteiger partial charge in [0.1, 0.15) is 0 Å². The predicted molar refractivity (Wildman–Crippen MR) is 143 cm³/mol. The minimum Gasteiger partial charge on any atom is -0.493 e. The lowest BCUT2D eigenvalue weighted by Gasteiger charge is -2.09. The molecule has 3 rings (SSSR count). The molecule has 1 heterocycles.